The van der Waals surface area contributed by atoms with E-state index in [1.165, 1.54) is 28.8 Å². The van der Waals surface area contributed by atoms with Crippen LogP contribution in [-0.2, 0) is 4.79 Å². The molecular weight excluding hydrogens is 468 g/mol. The molecular formula is C25H22N4O5S. The maximum Gasteiger partial charge on any atom is 0.335 e. The van der Waals surface area contributed by atoms with Crippen molar-refractivity contribution in [3.63, 3.8) is 0 Å². The number of rotatable bonds is 5. The van der Waals surface area contributed by atoms with Crippen molar-refractivity contribution < 1.29 is 19.6 Å². The maximum atomic E-state index is 12.9. The number of likely N-dealkylation sites (N-methyl/N-ethyl adjacent to an activating group) is 1. The lowest BCUT2D eigenvalue weighted by Crippen LogP contribution is -2.23. The van der Waals surface area contributed by atoms with Gasteiger partial charge in [-0.05, 0) is 80.6 Å². The number of thioether (sulfide) groups is 1. The van der Waals surface area contributed by atoms with Crippen LogP contribution in [0.3, 0.4) is 0 Å². The number of aromatic nitrogens is 1. The molecule has 2 aromatic carbocycles. The Kier molecular flexibility index (Phi) is 6.31. The van der Waals surface area contributed by atoms with Gasteiger partial charge in [0.05, 0.1) is 26.8 Å². The summed E-state index contributed by atoms with van der Waals surface area (Å²) in [6.45, 7) is 5.51. The first-order chi connectivity index (χ1) is 16.6. The molecule has 1 aromatic heterocycles. The summed E-state index contributed by atoms with van der Waals surface area (Å²) < 4.78 is 1.92. The Labute approximate surface area is 205 Å². The van der Waals surface area contributed by atoms with Gasteiger partial charge in [-0.1, -0.05) is 6.07 Å². The molecule has 1 saturated heterocycles. The lowest BCUT2D eigenvalue weighted by molar-refractivity contribution is -0.385. The number of hydrogen-bond acceptors (Lipinski definition) is 6. The molecule has 0 atom stereocenters. The molecule has 1 fully saturated rings. The minimum atomic E-state index is -1.02. The molecule has 4 rings (SSSR count). The third-order valence-electron chi connectivity index (χ3n) is 5.75. The lowest BCUT2D eigenvalue weighted by atomic mass is 10.1. The average Bonchev–Trinajstić information content (AvgIpc) is 3.24. The highest BCUT2D eigenvalue weighted by Crippen LogP contribution is 2.35. The zero-order chi connectivity index (χ0) is 25.4. The number of nitro benzene ring substituents is 1. The van der Waals surface area contributed by atoms with E-state index < -0.39 is 10.9 Å². The number of aliphatic imine (C=N–C) groups is 1. The van der Waals surface area contributed by atoms with E-state index in [2.05, 4.69) is 4.99 Å². The van der Waals surface area contributed by atoms with E-state index in [0.717, 1.165) is 17.0 Å². The highest BCUT2D eigenvalue weighted by molar-refractivity contribution is 8.18. The summed E-state index contributed by atoms with van der Waals surface area (Å²) in [5.41, 5.74) is 4.56. The summed E-state index contributed by atoms with van der Waals surface area (Å²) in [6.07, 6.45) is 1.79. The second kappa shape index (κ2) is 9.22. The molecule has 35 heavy (non-hydrogen) atoms. The van der Waals surface area contributed by atoms with Crippen LogP contribution in [0, 0.1) is 30.9 Å². The fourth-order valence-electron chi connectivity index (χ4n) is 3.85. The second-order valence-corrected chi connectivity index (χ2v) is 9.12. The van der Waals surface area contributed by atoms with Crippen molar-refractivity contribution in [1.29, 1.82) is 0 Å². The molecule has 3 aromatic rings. The standard InChI is InChI=1S/C25H22N4O5S/c1-14-5-10-20(13-21(14)29(33)34)28-15(2)11-18(16(28)3)12-22-23(30)27(4)25(35-22)26-19-8-6-17(7-9-19)24(31)32/h5-13H,1-4H3,(H,31,32)/b22-12-,26-25?. The number of carbonyl (C=O) groups excluding carboxylic acids is 1. The number of carboxylic acid groups (broad SMARTS) is 1. The first kappa shape index (κ1) is 24.0. The smallest absolute Gasteiger partial charge is 0.335 e. The zero-order valence-corrected chi connectivity index (χ0v) is 20.3. The van der Waals surface area contributed by atoms with Gasteiger partial charge in [-0.15, -0.1) is 0 Å². The largest absolute Gasteiger partial charge is 0.478 e. The number of carboxylic acids is 1. The molecule has 10 heteroatoms. The molecule has 2 heterocycles. The Balaban J connectivity index is 1.66. The van der Waals surface area contributed by atoms with Crippen LogP contribution in [0.25, 0.3) is 11.8 Å². The van der Waals surface area contributed by atoms with Crippen LogP contribution in [0.4, 0.5) is 11.4 Å². The monoisotopic (exact) mass is 490 g/mol. The summed E-state index contributed by atoms with van der Waals surface area (Å²) in [4.78, 5) is 41.3. The third-order valence-corrected chi connectivity index (χ3v) is 6.81. The third kappa shape index (κ3) is 4.60. The van der Waals surface area contributed by atoms with Gasteiger partial charge in [0.1, 0.15) is 0 Å². The molecule has 0 spiro atoms. The van der Waals surface area contributed by atoms with Crippen molar-refractivity contribution in [2.45, 2.75) is 20.8 Å². The molecule has 0 radical (unpaired) electrons. The number of amidine groups is 1. The van der Waals surface area contributed by atoms with Gasteiger partial charge >= 0.3 is 5.97 Å². The predicted molar refractivity (Wildman–Crippen MR) is 135 cm³/mol. The molecule has 1 N–H and O–H groups in total. The van der Waals surface area contributed by atoms with Crippen molar-refractivity contribution in [1.82, 2.24) is 9.47 Å². The molecule has 0 unspecified atom stereocenters. The fraction of sp³-hybridized carbons (Fsp3) is 0.160. The van der Waals surface area contributed by atoms with Gasteiger partial charge in [-0.25, -0.2) is 9.79 Å². The molecule has 178 valence electrons. The number of aryl methyl sites for hydroxylation is 2. The molecule has 9 nitrogen and oxygen atoms in total. The number of benzene rings is 2. The van der Waals surface area contributed by atoms with E-state index >= 15 is 0 Å². The van der Waals surface area contributed by atoms with Crippen LogP contribution >= 0.6 is 11.8 Å². The number of hydrogen-bond donors (Lipinski definition) is 1. The second-order valence-electron chi connectivity index (χ2n) is 8.11. The van der Waals surface area contributed by atoms with Crippen LogP contribution in [0.5, 0.6) is 0 Å². The first-order valence-electron chi connectivity index (χ1n) is 10.6. The van der Waals surface area contributed by atoms with Crippen LogP contribution < -0.4 is 0 Å². The number of nitro groups is 1. The molecule has 1 aliphatic heterocycles. The molecule has 0 saturated carbocycles. The normalized spacial score (nSPS) is 15.9. The molecule has 0 aliphatic carbocycles. The first-order valence-corrected chi connectivity index (χ1v) is 11.4. The Morgan fingerprint density at radius 1 is 1.11 bits per heavy atom. The fourth-order valence-corrected chi connectivity index (χ4v) is 4.82. The number of nitrogens with zero attached hydrogens (tertiary/aromatic N) is 4. The van der Waals surface area contributed by atoms with Crippen LogP contribution in [-0.4, -0.2) is 43.6 Å². The van der Waals surface area contributed by atoms with Gasteiger partial charge in [0.2, 0.25) is 0 Å². The highest BCUT2D eigenvalue weighted by atomic mass is 32.2. The van der Waals surface area contributed by atoms with Crippen LogP contribution in [0.1, 0.15) is 32.9 Å². The minimum absolute atomic E-state index is 0.0512. The molecule has 0 bridgehead atoms. The van der Waals surface area contributed by atoms with Gasteiger partial charge in [-0.2, -0.15) is 0 Å². The van der Waals surface area contributed by atoms with Crippen molar-refractivity contribution in [2.75, 3.05) is 7.05 Å². The Bertz CT molecular complexity index is 1440. The van der Waals surface area contributed by atoms with Crippen LogP contribution in [0.2, 0.25) is 0 Å². The quantitative estimate of drug-likeness (QED) is 0.297. The van der Waals surface area contributed by atoms with Gasteiger partial charge < -0.3 is 9.67 Å². The van der Waals surface area contributed by atoms with Gasteiger partial charge in [-0.3, -0.25) is 19.8 Å². The number of carbonyl (C=O) groups is 2. The minimum Gasteiger partial charge on any atom is -0.478 e. The number of aromatic carboxylic acids is 1. The summed E-state index contributed by atoms with van der Waals surface area (Å²) in [7, 11) is 1.63. The summed E-state index contributed by atoms with van der Waals surface area (Å²) >= 11 is 1.23. The Morgan fingerprint density at radius 2 is 1.80 bits per heavy atom. The van der Waals surface area contributed by atoms with Crippen molar-refractivity contribution in [3.8, 4) is 5.69 Å². The van der Waals surface area contributed by atoms with Gasteiger partial charge in [0, 0.05) is 30.1 Å². The summed E-state index contributed by atoms with van der Waals surface area (Å²) in [6, 6.07) is 13.1. The van der Waals surface area contributed by atoms with E-state index in [9.17, 15) is 19.7 Å². The van der Waals surface area contributed by atoms with E-state index in [-0.39, 0.29) is 17.2 Å². The topological polar surface area (TPSA) is 118 Å². The van der Waals surface area contributed by atoms with E-state index in [0.29, 0.717) is 27.0 Å². The van der Waals surface area contributed by atoms with E-state index in [1.807, 2.05) is 30.5 Å². The Morgan fingerprint density at radius 3 is 2.43 bits per heavy atom. The van der Waals surface area contributed by atoms with Gasteiger partial charge in [0.15, 0.2) is 5.17 Å². The molecule has 1 aliphatic rings. The average molecular weight is 491 g/mol. The predicted octanol–water partition coefficient (Wildman–Crippen LogP) is 5.24. The summed E-state index contributed by atoms with van der Waals surface area (Å²) in [5, 5.41) is 20.9. The highest BCUT2D eigenvalue weighted by Gasteiger charge is 2.31. The van der Waals surface area contributed by atoms with E-state index in [1.54, 1.807) is 44.3 Å². The van der Waals surface area contributed by atoms with Crippen molar-refractivity contribution in [3.05, 3.63) is 91.6 Å². The van der Waals surface area contributed by atoms with Crippen molar-refractivity contribution >= 4 is 46.3 Å². The molecule has 1 amide bonds. The van der Waals surface area contributed by atoms with Crippen molar-refractivity contribution in [2.24, 2.45) is 4.99 Å². The van der Waals surface area contributed by atoms with Gasteiger partial charge in [0.25, 0.3) is 11.6 Å². The lowest BCUT2D eigenvalue weighted by Gasteiger charge is -2.10. The summed E-state index contributed by atoms with van der Waals surface area (Å²) in [5.74, 6) is -1.22. The maximum absolute atomic E-state index is 12.9. The number of amides is 1. The van der Waals surface area contributed by atoms with Crippen LogP contribution in [0.15, 0.2) is 58.4 Å². The van der Waals surface area contributed by atoms with E-state index in [4.69, 9.17) is 5.11 Å². The SMILES string of the molecule is Cc1ccc(-n2c(C)cc(/C=C3\SC(=Nc4ccc(C(=O)O)cc4)N(C)C3=O)c2C)cc1[N+](=O)[O-]. The Hall–Kier alpha value is -4.18. The zero-order valence-electron chi connectivity index (χ0n) is 19.5.